The standard InChI is InChI=1S/C21H23Cl2NO3/c1-2-27-16-9-6-14(7-10-16)20(17-11-8-15(22)13-18(17)23)24-12-4-3-5-19(24)21(25)26/h6-11,13,19-20H,2-5,12H2,1H3,(H,25,26). The highest BCUT2D eigenvalue weighted by atomic mass is 35.5. The molecule has 0 spiro atoms. The second-order valence-electron chi connectivity index (χ2n) is 6.66. The molecule has 4 nitrogen and oxygen atoms in total. The van der Waals surface area contributed by atoms with E-state index in [2.05, 4.69) is 0 Å². The van der Waals surface area contributed by atoms with Crippen molar-refractivity contribution >= 4 is 29.2 Å². The molecular formula is C21H23Cl2NO3. The monoisotopic (exact) mass is 407 g/mol. The number of piperidine rings is 1. The number of aliphatic carboxylic acids is 1. The van der Waals surface area contributed by atoms with Gasteiger partial charge >= 0.3 is 5.97 Å². The molecule has 0 aliphatic carbocycles. The first-order valence-corrected chi connectivity index (χ1v) is 9.93. The normalized spacial score (nSPS) is 18.9. The SMILES string of the molecule is CCOc1ccc(C(c2ccc(Cl)cc2Cl)N2CCCCC2C(=O)O)cc1. The summed E-state index contributed by atoms with van der Waals surface area (Å²) in [5.74, 6) is -0.00801. The van der Waals surface area contributed by atoms with Crippen LogP contribution in [0.4, 0.5) is 0 Å². The lowest BCUT2D eigenvalue weighted by molar-refractivity contribution is -0.145. The van der Waals surface area contributed by atoms with Gasteiger partial charge in [0.05, 0.1) is 12.6 Å². The summed E-state index contributed by atoms with van der Waals surface area (Å²) < 4.78 is 5.54. The smallest absolute Gasteiger partial charge is 0.320 e. The molecule has 144 valence electrons. The Hall–Kier alpha value is -1.75. The van der Waals surface area contributed by atoms with E-state index in [1.807, 2.05) is 42.2 Å². The molecular weight excluding hydrogens is 385 g/mol. The summed E-state index contributed by atoms with van der Waals surface area (Å²) in [6, 6.07) is 12.4. The molecule has 2 atom stereocenters. The number of carboxylic acids is 1. The van der Waals surface area contributed by atoms with E-state index in [1.54, 1.807) is 12.1 Å². The van der Waals surface area contributed by atoms with Crippen molar-refractivity contribution in [2.75, 3.05) is 13.2 Å². The second-order valence-corrected chi connectivity index (χ2v) is 7.50. The lowest BCUT2D eigenvalue weighted by Crippen LogP contribution is -2.46. The third-order valence-electron chi connectivity index (χ3n) is 4.92. The van der Waals surface area contributed by atoms with Gasteiger partial charge in [0.15, 0.2) is 0 Å². The van der Waals surface area contributed by atoms with E-state index in [9.17, 15) is 9.90 Å². The predicted molar refractivity (Wildman–Crippen MR) is 108 cm³/mol. The fourth-order valence-electron chi connectivity index (χ4n) is 3.71. The van der Waals surface area contributed by atoms with Crippen molar-refractivity contribution in [3.63, 3.8) is 0 Å². The molecule has 2 unspecified atom stereocenters. The molecule has 1 aliphatic heterocycles. The lowest BCUT2D eigenvalue weighted by atomic mass is 9.91. The zero-order chi connectivity index (χ0) is 19.4. The van der Waals surface area contributed by atoms with Crippen molar-refractivity contribution in [3.8, 4) is 5.75 Å². The van der Waals surface area contributed by atoms with Crippen molar-refractivity contribution in [3.05, 3.63) is 63.6 Å². The summed E-state index contributed by atoms with van der Waals surface area (Å²) in [5, 5.41) is 10.9. The number of likely N-dealkylation sites (tertiary alicyclic amines) is 1. The number of hydrogen-bond donors (Lipinski definition) is 1. The van der Waals surface area contributed by atoms with Gasteiger partial charge in [-0.15, -0.1) is 0 Å². The summed E-state index contributed by atoms with van der Waals surface area (Å²) in [4.78, 5) is 13.9. The molecule has 2 aromatic carbocycles. The summed E-state index contributed by atoms with van der Waals surface area (Å²) in [7, 11) is 0. The molecule has 0 amide bonds. The number of carbonyl (C=O) groups is 1. The van der Waals surface area contributed by atoms with Crippen molar-refractivity contribution in [1.82, 2.24) is 4.90 Å². The zero-order valence-electron chi connectivity index (χ0n) is 15.2. The van der Waals surface area contributed by atoms with Crippen LogP contribution in [-0.2, 0) is 4.79 Å². The maximum atomic E-state index is 11.9. The van der Waals surface area contributed by atoms with Crippen LogP contribution in [0.3, 0.4) is 0 Å². The molecule has 0 saturated carbocycles. The highest BCUT2D eigenvalue weighted by Crippen LogP contribution is 2.38. The number of carboxylic acid groups (broad SMARTS) is 1. The van der Waals surface area contributed by atoms with E-state index in [4.69, 9.17) is 27.9 Å². The van der Waals surface area contributed by atoms with Crippen LogP contribution < -0.4 is 4.74 Å². The van der Waals surface area contributed by atoms with Crippen LogP contribution in [-0.4, -0.2) is 35.2 Å². The minimum Gasteiger partial charge on any atom is -0.494 e. The Balaban J connectivity index is 2.06. The van der Waals surface area contributed by atoms with Crippen molar-refractivity contribution < 1.29 is 14.6 Å². The van der Waals surface area contributed by atoms with Crippen LogP contribution in [0.1, 0.15) is 43.4 Å². The summed E-state index contributed by atoms with van der Waals surface area (Å²) in [6.45, 7) is 3.24. The molecule has 1 aliphatic rings. The first-order valence-electron chi connectivity index (χ1n) is 9.17. The van der Waals surface area contributed by atoms with Gasteiger partial charge in [0.1, 0.15) is 11.8 Å². The van der Waals surface area contributed by atoms with Crippen molar-refractivity contribution in [1.29, 1.82) is 0 Å². The Morgan fingerprint density at radius 2 is 1.96 bits per heavy atom. The highest BCUT2D eigenvalue weighted by molar-refractivity contribution is 6.35. The number of ether oxygens (including phenoxy) is 1. The fourth-order valence-corrected chi connectivity index (χ4v) is 4.23. The third kappa shape index (κ3) is 4.57. The molecule has 27 heavy (non-hydrogen) atoms. The molecule has 0 aromatic heterocycles. The van der Waals surface area contributed by atoms with Crippen LogP contribution >= 0.6 is 23.2 Å². The van der Waals surface area contributed by atoms with Gasteiger partial charge in [0.25, 0.3) is 0 Å². The van der Waals surface area contributed by atoms with Gasteiger partial charge in [0, 0.05) is 10.0 Å². The minimum atomic E-state index is -0.796. The predicted octanol–water partition coefficient (Wildman–Crippen LogP) is 5.42. The highest BCUT2D eigenvalue weighted by Gasteiger charge is 2.35. The van der Waals surface area contributed by atoms with Crippen LogP contribution in [0.15, 0.2) is 42.5 Å². The topological polar surface area (TPSA) is 49.8 Å². The Kier molecular flexibility index (Phi) is 6.64. The van der Waals surface area contributed by atoms with E-state index >= 15 is 0 Å². The summed E-state index contributed by atoms with van der Waals surface area (Å²) in [5.41, 5.74) is 1.84. The number of benzene rings is 2. The van der Waals surface area contributed by atoms with Gasteiger partial charge in [-0.2, -0.15) is 0 Å². The first-order chi connectivity index (χ1) is 13.0. The number of rotatable bonds is 6. The van der Waals surface area contributed by atoms with E-state index in [0.29, 0.717) is 29.6 Å². The van der Waals surface area contributed by atoms with Gasteiger partial charge in [-0.25, -0.2) is 0 Å². The van der Waals surface area contributed by atoms with Crippen molar-refractivity contribution in [2.45, 2.75) is 38.3 Å². The van der Waals surface area contributed by atoms with E-state index < -0.39 is 12.0 Å². The van der Waals surface area contributed by atoms with Crippen LogP contribution in [0.2, 0.25) is 10.0 Å². The average molecular weight is 408 g/mol. The van der Waals surface area contributed by atoms with Crippen molar-refractivity contribution in [2.24, 2.45) is 0 Å². The molecule has 0 radical (unpaired) electrons. The fraction of sp³-hybridized carbons (Fsp3) is 0.381. The van der Waals surface area contributed by atoms with Crippen LogP contribution in [0, 0.1) is 0 Å². The molecule has 0 bridgehead atoms. The lowest BCUT2D eigenvalue weighted by Gasteiger charge is -2.40. The van der Waals surface area contributed by atoms with Gasteiger partial charge < -0.3 is 9.84 Å². The zero-order valence-corrected chi connectivity index (χ0v) is 16.7. The Morgan fingerprint density at radius 3 is 2.59 bits per heavy atom. The van der Waals surface area contributed by atoms with Gasteiger partial charge in [0.2, 0.25) is 0 Å². The minimum absolute atomic E-state index is 0.258. The van der Waals surface area contributed by atoms with Gasteiger partial charge in [-0.1, -0.05) is 47.8 Å². The largest absolute Gasteiger partial charge is 0.494 e. The molecule has 1 saturated heterocycles. The van der Waals surface area contributed by atoms with Crippen LogP contribution in [0.5, 0.6) is 5.75 Å². The first kappa shape index (κ1) is 20.0. The third-order valence-corrected chi connectivity index (χ3v) is 5.49. The average Bonchev–Trinajstić information content (AvgIpc) is 2.65. The molecule has 2 aromatic rings. The van der Waals surface area contributed by atoms with E-state index in [-0.39, 0.29) is 6.04 Å². The second kappa shape index (κ2) is 8.96. The van der Waals surface area contributed by atoms with Gasteiger partial charge in [-0.05, 0) is 61.7 Å². The molecule has 1 fully saturated rings. The Morgan fingerprint density at radius 1 is 1.22 bits per heavy atom. The Labute approximate surface area is 169 Å². The number of hydrogen-bond acceptors (Lipinski definition) is 3. The molecule has 1 heterocycles. The summed E-state index contributed by atoms with van der Waals surface area (Å²) in [6.07, 6.45) is 2.51. The maximum absolute atomic E-state index is 11.9. The molecule has 6 heteroatoms. The van der Waals surface area contributed by atoms with Gasteiger partial charge in [-0.3, -0.25) is 9.69 Å². The van der Waals surface area contributed by atoms with E-state index in [0.717, 1.165) is 29.7 Å². The van der Waals surface area contributed by atoms with Crippen LogP contribution in [0.25, 0.3) is 0 Å². The maximum Gasteiger partial charge on any atom is 0.320 e. The molecule has 3 rings (SSSR count). The summed E-state index contributed by atoms with van der Waals surface area (Å²) >= 11 is 12.6. The Bertz CT molecular complexity index is 795. The van der Waals surface area contributed by atoms with E-state index in [1.165, 1.54) is 0 Å². The quantitative estimate of drug-likeness (QED) is 0.694. The number of nitrogens with zero attached hydrogens (tertiary/aromatic N) is 1. The molecule has 1 N–H and O–H groups in total. The number of halogens is 2.